The average Bonchev–Trinajstić information content (AvgIpc) is 2.92. The minimum atomic E-state index is -3.88. The number of sulfonamides is 1. The Morgan fingerprint density at radius 3 is 2.26 bits per heavy atom. The van der Waals surface area contributed by atoms with E-state index in [0.29, 0.717) is 43.1 Å². The van der Waals surface area contributed by atoms with Crippen molar-refractivity contribution in [3.63, 3.8) is 0 Å². The summed E-state index contributed by atoms with van der Waals surface area (Å²) >= 11 is 0. The largest absolute Gasteiger partial charge is 0.486 e. The molecule has 9 nitrogen and oxygen atoms in total. The van der Waals surface area contributed by atoms with Crippen LogP contribution in [-0.4, -0.2) is 62.7 Å². The number of carbonyl (C=O) groups is 2. The lowest BCUT2D eigenvalue weighted by Gasteiger charge is -2.33. The van der Waals surface area contributed by atoms with Gasteiger partial charge in [0.2, 0.25) is 21.8 Å². The summed E-state index contributed by atoms with van der Waals surface area (Å²) in [4.78, 5) is 28.4. The van der Waals surface area contributed by atoms with Gasteiger partial charge in [-0.05, 0) is 56.5 Å². The molecule has 1 heterocycles. The average molecular weight is 550 g/mol. The van der Waals surface area contributed by atoms with Crippen molar-refractivity contribution < 1.29 is 31.9 Å². The Morgan fingerprint density at radius 1 is 1.00 bits per heavy atom. The summed E-state index contributed by atoms with van der Waals surface area (Å²) in [5, 5.41) is 2.92. The fourth-order valence-corrected chi connectivity index (χ4v) is 5.11. The number of hydrogen-bond acceptors (Lipinski definition) is 6. The quantitative estimate of drug-likeness (QED) is 0.435. The van der Waals surface area contributed by atoms with Crippen molar-refractivity contribution in [2.45, 2.75) is 59.2 Å². The number of rotatable bonds is 12. The first-order chi connectivity index (χ1) is 18.1. The topological polar surface area (TPSA) is 105 Å². The third kappa shape index (κ3) is 7.15. The Bertz CT molecular complexity index is 1220. The highest BCUT2D eigenvalue weighted by atomic mass is 32.2. The maximum Gasteiger partial charge on any atom is 0.244 e. The molecule has 1 N–H and O–H groups in total. The first kappa shape index (κ1) is 29.2. The monoisotopic (exact) mass is 549 g/mol. The first-order valence-electron chi connectivity index (χ1n) is 12.8. The van der Waals surface area contributed by atoms with Gasteiger partial charge in [0.25, 0.3) is 0 Å². The highest BCUT2D eigenvalue weighted by Gasteiger charge is 2.33. The second kappa shape index (κ2) is 12.9. The van der Waals surface area contributed by atoms with E-state index in [-0.39, 0.29) is 29.9 Å². The van der Waals surface area contributed by atoms with Crippen LogP contribution in [0.2, 0.25) is 0 Å². The van der Waals surface area contributed by atoms with Gasteiger partial charge >= 0.3 is 0 Å². The lowest BCUT2D eigenvalue weighted by molar-refractivity contribution is -0.140. The van der Waals surface area contributed by atoms with E-state index in [1.807, 2.05) is 13.8 Å². The van der Waals surface area contributed by atoms with Crippen LogP contribution < -0.4 is 19.1 Å². The van der Waals surface area contributed by atoms with Crippen LogP contribution >= 0.6 is 0 Å². The zero-order chi connectivity index (χ0) is 27.9. The number of halogens is 1. The van der Waals surface area contributed by atoms with Gasteiger partial charge in [-0.15, -0.1) is 0 Å². The van der Waals surface area contributed by atoms with E-state index in [0.717, 1.165) is 4.31 Å². The fourth-order valence-electron chi connectivity index (χ4n) is 4.05. The zero-order valence-electron chi connectivity index (χ0n) is 22.3. The Morgan fingerprint density at radius 2 is 1.66 bits per heavy atom. The highest BCUT2D eigenvalue weighted by molar-refractivity contribution is 7.92. The maximum atomic E-state index is 13.8. The summed E-state index contributed by atoms with van der Waals surface area (Å²) in [5.41, 5.74) is 0.863. The van der Waals surface area contributed by atoms with Crippen molar-refractivity contribution in [2.75, 3.05) is 29.8 Å². The molecule has 0 bridgehead atoms. The molecule has 0 saturated carbocycles. The lowest BCUT2D eigenvalue weighted by atomic mass is 10.1. The van der Waals surface area contributed by atoms with Crippen molar-refractivity contribution in [2.24, 2.45) is 0 Å². The van der Waals surface area contributed by atoms with E-state index < -0.39 is 34.3 Å². The Kier molecular flexibility index (Phi) is 9.96. The number of anilines is 1. The molecule has 11 heteroatoms. The number of nitrogens with one attached hydrogen (secondary N) is 1. The summed E-state index contributed by atoms with van der Waals surface area (Å²) in [7, 11) is -3.88. The molecule has 2 unspecified atom stereocenters. The molecule has 0 aromatic heterocycles. The van der Waals surface area contributed by atoms with E-state index >= 15 is 0 Å². The van der Waals surface area contributed by atoms with Crippen LogP contribution in [0.5, 0.6) is 11.5 Å². The molecule has 2 atom stereocenters. The van der Waals surface area contributed by atoms with Crippen molar-refractivity contribution in [3.8, 4) is 11.5 Å². The van der Waals surface area contributed by atoms with Crippen LogP contribution in [0.3, 0.4) is 0 Å². The van der Waals surface area contributed by atoms with E-state index in [1.54, 1.807) is 19.1 Å². The van der Waals surface area contributed by atoms with Crippen molar-refractivity contribution in [3.05, 3.63) is 53.8 Å². The van der Waals surface area contributed by atoms with E-state index in [1.165, 1.54) is 42.2 Å². The number of benzene rings is 2. The maximum absolute atomic E-state index is 13.8. The third-order valence-corrected chi connectivity index (χ3v) is 8.19. The fraction of sp³-hybridized carbons (Fsp3) is 0.481. The van der Waals surface area contributed by atoms with Gasteiger partial charge in [-0.3, -0.25) is 13.9 Å². The number of nitrogens with zero attached hydrogens (tertiary/aromatic N) is 2. The molecule has 0 spiro atoms. The number of ether oxygens (including phenoxy) is 2. The van der Waals surface area contributed by atoms with Crippen LogP contribution in [0.1, 0.15) is 46.1 Å². The van der Waals surface area contributed by atoms with Crippen LogP contribution in [0.4, 0.5) is 10.1 Å². The van der Waals surface area contributed by atoms with Gasteiger partial charge < -0.3 is 19.7 Å². The van der Waals surface area contributed by atoms with Gasteiger partial charge in [0.05, 0.1) is 11.4 Å². The molecule has 0 radical (unpaired) electrons. The van der Waals surface area contributed by atoms with Gasteiger partial charge in [-0.2, -0.15) is 0 Å². The van der Waals surface area contributed by atoms with Gasteiger partial charge in [-0.1, -0.05) is 26.0 Å². The zero-order valence-corrected chi connectivity index (χ0v) is 23.1. The molecular formula is C27H36FN3O6S. The molecule has 1 aliphatic heterocycles. The van der Waals surface area contributed by atoms with Crippen LogP contribution in [-0.2, 0) is 26.2 Å². The second-order valence-corrected chi connectivity index (χ2v) is 11.3. The second-order valence-electron chi connectivity index (χ2n) is 9.13. The van der Waals surface area contributed by atoms with E-state index in [2.05, 4.69) is 5.32 Å². The number of hydrogen-bond donors (Lipinski definition) is 1. The molecule has 0 saturated heterocycles. The number of carbonyl (C=O) groups excluding carboxylic acids is 2. The summed E-state index contributed by atoms with van der Waals surface area (Å²) in [6.07, 6.45) is 1.01. The van der Waals surface area contributed by atoms with Crippen LogP contribution in [0.25, 0.3) is 0 Å². The van der Waals surface area contributed by atoms with E-state index in [9.17, 15) is 22.4 Å². The summed E-state index contributed by atoms with van der Waals surface area (Å²) in [6.45, 7) is 7.28. The molecule has 2 aromatic rings. The minimum absolute atomic E-state index is 0.00664. The molecule has 1 aliphatic rings. The van der Waals surface area contributed by atoms with Crippen LogP contribution in [0.15, 0.2) is 42.5 Å². The lowest BCUT2D eigenvalue weighted by Crippen LogP contribution is -2.53. The standard InChI is InChI=1S/C27H36FN3O6S/c1-5-19(4)29-27(33)23(6-2)30(17-20-8-10-21(28)11-9-20)26(32)18-31(38(34,35)7-3)22-12-13-24-25(16-22)37-15-14-36-24/h8-13,16,19,23H,5-7,14-15,17-18H2,1-4H3,(H,29,33). The summed E-state index contributed by atoms with van der Waals surface area (Å²) in [5.74, 6) is -0.676. The van der Waals surface area contributed by atoms with Gasteiger partial charge in [0.15, 0.2) is 11.5 Å². The van der Waals surface area contributed by atoms with Crippen molar-refractivity contribution >= 4 is 27.5 Å². The van der Waals surface area contributed by atoms with Gasteiger partial charge in [-0.25, -0.2) is 12.8 Å². The minimum Gasteiger partial charge on any atom is -0.486 e. The molecule has 208 valence electrons. The Hall–Kier alpha value is -3.34. The SMILES string of the molecule is CCC(C)NC(=O)C(CC)N(Cc1ccc(F)cc1)C(=O)CN(c1ccc2c(c1)OCCO2)S(=O)(=O)CC. The Balaban J connectivity index is 1.97. The van der Waals surface area contributed by atoms with Gasteiger partial charge in [0.1, 0.15) is 31.6 Å². The predicted molar refractivity (Wildman–Crippen MR) is 143 cm³/mol. The number of amides is 2. The molecule has 3 rings (SSSR count). The first-order valence-corrected chi connectivity index (χ1v) is 14.4. The third-order valence-electron chi connectivity index (χ3n) is 6.45. The molecule has 38 heavy (non-hydrogen) atoms. The van der Waals surface area contributed by atoms with Crippen molar-refractivity contribution in [1.82, 2.24) is 10.2 Å². The molecule has 2 amide bonds. The molecule has 0 aliphatic carbocycles. The number of fused-ring (bicyclic) bond motifs is 1. The van der Waals surface area contributed by atoms with Gasteiger partial charge in [0, 0.05) is 18.7 Å². The predicted octanol–water partition coefficient (Wildman–Crippen LogP) is 3.48. The smallest absolute Gasteiger partial charge is 0.244 e. The summed E-state index contributed by atoms with van der Waals surface area (Å²) < 4.78 is 52.0. The highest BCUT2D eigenvalue weighted by Crippen LogP contribution is 2.35. The van der Waals surface area contributed by atoms with Crippen LogP contribution in [0, 0.1) is 5.82 Å². The molecule has 2 aromatic carbocycles. The Labute approximate surface area is 224 Å². The van der Waals surface area contributed by atoms with E-state index in [4.69, 9.17) is 9.47 Å². The molecule has 0 fully saturated rings. The summed E-state index contributed by atoms with van der Waals surface area (Å²) in [6, 6.07) is 9.38. The normalized spacial score (nSPS) is 14.3. The molecular weight excluding hydrogens is 513 g/mol. The van der Waals surface area contributed by atoms with Crippen molar-refractivity contribution in [1.29, 1.82) is 0 Å².